The molecule has 0 unspecified atom stereocenters. The van der Waals surface area contributed by atoms with Gasteiger partial charge >= 0.3 is 29.6 Å². The second-order valence-electron chi connectivity index (χ2n) is 2.29. The van der Waals surface area contributed by atoms with Gasteiger partial charge < -0.3 is 13.9 Å². The molecule has 0 aliphatic rings. The maximum absolute atomic E-state index is 10.2. The minimum Gasteiger partial charge on any atom is -0.769 e. The molecule has 0 amide bonds. The van der Waals surface area contributed by atoms with Gasteiger partial charge in [0.05, 0.1) is 0 Å². The summed E-state index contributed by atoms with van der Waals surface area (Å²) in [6, 6.07) is 0. The first-order valence-electron chi connectivity index (χ1n) is 1.56. The predicted octanol–water partition coefficient (Wildman–Crippen LogP) is -3.17. The van der Waals surface area contributed by atoms with Crippen LogP contribution in [0.15, 0.2) is 0 Å². The van der Waals surface area contributed by atoms with Crippen molar-refractivity contribution in [3.8, 4) is 0 Å². The second-order valence-corrected chi connectivity index (χ2v) is 6.88. The smallest absolute Gasteiger partial charge is 0.769 e. The third-order valence-electron chi connectivity index (χ3n) is 0. The molecule has 0 radical (unpaired) electrons. The van der Waals surface area contributed by atoms with Gasteiger partial charge in [-0.2, -0.15) is 0 Å². The molecule has 0 rings (SSSR count). The Labute approximate surface area is 66.2 Å². The Morgan fingerprint density at radius 1 is 1.29 bits per heavy atom. The zero-order valence-electron chi connectivity index (χ0n) is 5.22. The van der Waals surface area contributed by atoms with E-state index in [2.05, 4.69) is 0 Å². The third-order valence-corrected chi connectivity index (χ3v) is 0. The zero-order valence-corrected chi connectivity index (χ0v) is 8.04. The summed E-state index contributed by atoms with van der Waals surface area (Å²) in [6.45, 7) is 0. The van der Waals surface area contributed by atoms with Gasteiger partial charge in [0.15, 0.2) is 0 Å². The molecule has 40 valence electrons. The van der Waals surface area contributed by atoms with E-state index in [-0.39, 0.29) is 29.6 Å². The molecule has 7 heavy (non-hydrogen) atoms. The van der Waals surface area contributed by atoms with Gasteiger partial charge in [-0.1, -0.05) is 0 Å². The minimum absolute atomic E-state index is 0. The topological polar surface area (TPSA) is 40.1 Å². The Morgan fingerprint density at radius 2 is 1.29 bits per heavy atom. The predicted molar refractivity (Wildman–Crippen MR) is 26.7 cm³/mol. The van der Waals surface area contributed by atoms with Gasteiger partial charge in [-0.25, -0.2) is 4.21 Å². The normalized spacial score (nSPS) is 16.3. The van der Waals surface area contributed by atoms with Crippen LogP contribution in [0.4, 0.5) is 0 Å². The molecule has 0 saturated heterocycles. The summed E-state index contributed by atoms with van der Waals surface area (Å²) in [6.07, 6.45) is 3.62. The Bertz CT molecular complexity index is 90.6. The first-order chi connectivity index (χ1) is 2.24. The zero-order chi connectivity index (χ0) is 5.45. The molecule has 0 aliphatic heterocycles. The fourth-order valence-corrected chi connectivity index (χ4v) is 0. The average molecular weight is 132 g/mol. The Balaban J connectivity index is 0. The van der Waals surface area contributed by atoms with E-state index in [0.29, 0.717) is 0 Å². The van der Waals surface area contributed by atoms with Gasteiger partial charge in [-0.05, 0) is 18.8 Å². The minimum atomic E-state index is -3.35. The molecule has 0 aromatic carbocycles. The molecule has 0 bridgehead atoms. The molecule has 0 spiro atoms. The van der Waals surface area contributed by atoms with Crippen LogP contribution in [0.2, 0.25) is 0 Å². The van der Waals surface area contributed by atoms with Gasteiger partial charge in [0.25, 0.3) is 0 Å². The fraction of sp³-hybridized carbons (Fsp3) is 1.00. The van der Waals surface area contributed by atoms with E-state index in [1.807, 2.05) is 0 Å². The van der Waals surface area contributed by atoms with E-state index < -0.39 is 9.35 Å². The Morgan fingerprint density at radius 3 is 1.29 bits per heavy atom. The summed E-state index contributed by atoms with van der Waals surface area (Å²) in [7, 11) is -3.35. The molecule has 0 aromatic rings. The monoisotopic (exact) mass is 132 g/mol. The molecule has 0 aliphatic carbocycles. The molecule has 4 heteroatoms. The summed E-state index contributed by atoms with van der Waals surface area (Å²) >= 11 is 0. The van der Waals surface area contributed by atoms with Crippen molar-refractivity contribution in [1.29, 1.82) is 0 Å². The van der Waals surface area contributed by atoms with Crippen LogP contribution in [0.5, 0.6) is 0 Å². The maximum atomic E-state index is 10.2. The van der Waals surface area contributed by atoms with Gasteiger partial charge in [-0.15, -0.1) is 0 Å². The van der Waals surface area contributed by atoms with Crippen LogP contribution in [0.25, 0.3) is 0 Å². The fourth-order valence-electron chi connectivity index (χ4n) is 0. The average Bonchev–Trinajstić information content (AvgIpc) is 0.650. The standard InChI is InChI=1S/C3H10O2S.Na/c1-6(2,3,4)5;/h1-3H3,(H,4,5);/q;+1/p-1. The van der Waals surface area contributed by atoms with Gasteiger partial charge in [-0.3, -0.25) is 0 Å². The van der Waals surface area contributed by atoms with E-state index in [0.717, 1.165) is 0 Å². The van der Waals surface area contributed by atoms with Crippen LogP contribution < -0.4 is 29.6 Å². The van der Waals surface area contributed by atoms with Crippen molar-refractivity contribution in [1.82, 2.24) is 0 Å². The Hall–Kier alpha value is 1.11. The second kappa shape index (κ2) is 2.15. The van der Waals surface area contributed by atoms with E-state index >= 15 is 0 Å². The van der Waals surface area contributed by atoms with Crippen molar-refractivity contribution in [3.63, 3.8) is 0 Å². The summed E-state index contributed by atoms with van der Waals surface area (Å²) < 4.78 is 20.5. The van der Waals surface area contributed by atoms with Crippen LogP contribution >= 0.6 is 0 Å². The largest absolute Gasteiger partial charge is 1.00 e. The number of rotatable bonds is 0. The van der Waals surface area contributed by atoms with E-state index in [1.165, 1.54) is 18.8 Å². The summed E-state index contributed by atoms with van der Waals surface area (Å²) in [5.74, 6) is 0. The van der Waals surface area contributed by atoms with Crippen molar-refractivity contribution in [2.24, 2.45) is 0 Å². The molecule has 0 saturated carbocycles. The van der Waals surface area contributed by atoms with Crippen LogP contribution in [0, 0.1) is 0 Å². The molecular formula is C3H9NaO2S. The van der Waals surface area contributed by atoms with Gasteiger partial charge in [0.2, 0.25) is 0 Å². The summed E-state index contributed by atoms with van der Waals surface area (Å²) in [4.78, 5) is 0. The van der Waals surface area contributed by atoms with Crippen molar-refractivity contribution in [3.05, 3.63) is 0 Å². The van der Waals surface area contributed by atoms with Crippen molar-refractivity contribution < 1.29 is 38.3 Å². The number of hydrogen-bond acceptors (Lipinski definition) is 2. The molecule has 0 fully saturated rings. The summed E-state index contributed by atoms with van der Waals surface area (Å²) in [5.41, 5.74) is 0. The van der Waals surface area contributed by atoms with Gasteiger partial charge in [0, 0.05) is 0 Å². The van der Waals surface area contributed by atoms with E-state index in [9.17, 15) is 8.76 Å². The van der Waals surface area contributed by atoms with E-state index in [4.69, 9.17) is 0 Å². The molecular weight excluding hydrogens is 123 g/mol. The quantitative estimate of drug-likeness (QED) is 0.326. The van der Waals surface area contributed by atoms with Crippen molar-refractivity contribution >= 4 is 9.35 Å². The molecule has 2 nitrogen and oxygen atoms in total. The van der Waals surface area contributed by atoms with Crippen LogP contribution in [0.3, 0.4) is 0 Å². The van der Waals surface area contributed by atoms with E-state index in [1.54, 1.807) is 0 Å². The molecule has 0 heterocycles. The third kappa shape index (κ3) is 151. The van der Waals surface area contributed by atoms with Crippen LogP contribution in [0.1, 0.15) is 0 Å². The number of hydrogen-bond donors (Lipinski definition) is 0. The molecule has 0 aromatic heterocycles. The Kier molecular flexibility index (Phi) is 3.37. The molecule has 0 atom stereocenters. The maximum Gasteiger partial charge on any atom is 1.00 e. The molecule has 0 N–H and O–H groups in total. The van der Waals surface area contributed by atoms with Crippen LogP contribution in [-0.4, -0.2) is 27.5 Å². The van der Waals surface area contributed by atoms with Crippen LogP contribution in [-0.2, 0) is 9.35 Å². The van der Waals surface area contributed by atoms with Gasteiger partial charge in [0.1, 0.15) is 0 Å². The number of sulfone groups is 3. The van der Waals surface area contributed by atoms with Crippen molar-refractivity contribution in [2.45, 2.75) is 0 Å². The summed E-state index contributed by atoms with van der Waals surface area (Å²) in [5, 5.41) is 0. The van der Waals surface area contributed by atoms with Crippen molar-refractivity contribution in [2.75, 3.05) is 18.8 Å². The first kappa shape index (κ1) is 11.0. The first-order valence-corrected chi connectivity index (χ1v) is 4.67. The SMILES string of the molecule is CS(C)(C)(=O)[O-].[Na+].